The molecule has 0 aliphatic carbocycles. The van der Waals surface area contributed by atoms with Gasteiger partial charge in [0.2, 0.25) is 5.89 Å². The van der Waals surface area contributed by atoms with Gasteiger partial charge >= 0.3 is 5.97 Å². The molecule has 280 valence electrons. The van der Waals surface area contributed by atoms with Crippen molar-refractivity contribution >= 4 is 39.6 Å². The van der Waals surface area contributed by atoms with E-state index in [0.717, 1.165) is 57.6 Å². The molecule has 0 unspecified atom stereocenters. The van der Waals surface area contributed by atoms with Crippen molar-refractivity contribution in [1.82, 2.24) is 29.7 Å². The summed E-state index contributed by atoms with van der Waals surface area (Å²) < 4.78 is 6.30. The Hall–Kier alpha value is -5.78. The molecular weight excluding hydrogens is 697 g/mol. The maximum absolute atomic E-state index is 11.4. The van der Waals surface area contributed by atoms with Crippen LogP contribution in [0.5, 0.6) is 0 Å². The number of aliphatic hydroxyl groups is 2. The Labute approximate surface area is 317 Å². The molecule has 13 heteroatoms. The number of benzene rings is 3. The number of β-amino-alcohol motifs (C(OH)–C–C–N with tert-alkyl or cyclic N) is 1. The molecule has 5 heterocycles. The number of carbonyl (C=O) groups is 1. The number of rotatable bonds is 10. The van der Waals surface area contributed by atoms with Gasteiger partial charge in [0.15, 0.2) is 17.2 Å². The zero-order valence-electron chi connectivity index (χ0n) is 30.8. The molecule has 13 nitrogen and oxygen atoms in total. The molecule has 2 saturated heterocycles. The minimum Gasteiger partial charge on any atom is -0.481 e. The number of aliphatic hydroxyl groups excluding tert-OH is 2. The predicted molar refractivity (Wildman–Crippen MR) is 207 cm³/mol. The van der Waals surface area contributed by atoms with E-state index in [4.69, 9.17) is 14.4 Å². The lowest BCUT2D eigenvalue weighted by Crippen LogP contribution is -2.35. The smallest absolute Gasteiger partial charge is 0.306 e. The van der Waals surface area contributed by atoms with E-state index in [1.54, 1.807) is 0 Å². The van der Waals surface area contributed by atoms with Gasteiger partial charge in [-0.1, -0.05) is 24.3 Å². The lowest BCUT2D eigenvalue weighted by molar-refractivity contribution is -0.143. The highest BCUT2D eigenvalue weighted by Crippen LogP contribution is 2.38. The second-order valence-corrected chi connectivity index (χ2v) is 14.6. The van der Waals surface area contributed by atoms with Gasteiger partial charge in [0.25, 0.3) is 0 Å². The Bertz CT molecular complexity index is 2470. The fourth-order valence-electron chi connectivity index (χ4n) is 7.89. The van der Waals surface area contributed by atoms with Crippen molar-refractivity contribution in [3.63, 3.8) is 0 Å². The zero-order valence-corrected chi connectivity index (χ0v) is 30.8. The summed E-state index contributed by atoms with van der Waals surface area (Å²) in [6, 6.07) is 20.1. The Balaban J connectivity index is 1.07. The van der Waals surface area contributed by atoms with Gasteiger partial charge in [-0.05, 0) is 110 Å². The van der Waals surface area contributed by atoms with Crippen molar-refractivity contribution in [3.05, 3.63) is 94.4 Å². The van der Waals surface area contributed by atoms with E-state index in [-0.39, 0.29) is 24.5 Å². The van der Waals surface area contributed by atoms with Gasteiger partial charge in [0, 0.05) is 43.6 Å². The van der Waals surface area contributed by atoms with E-state index >= 15 is 0 Å². The van der Waals surface area contributed by atoms with Crippen LogP contribution in [-0.2, 0) is 24.5 Å². The lowest BCUT2D eigenvalue weighted by atomic mass is 9.93. The molecule has 8 rings (SSSR count). The first kappa shape index (κ1) is 36.2. The number of nitrogens with one attached hydrogen (secondary N) is 1. The molecule has 0 spiro atoms. The van der Waals surface area contributed by atoms with Crippen molar-refractivity contribution in [2.45, 2.75) is 58.9 Å². The van der Waals surface area contributed by atoms with Crippen molar-refractivity contribution in [2.24, 2.45) is 5.92 Å². The largest absolute Gasteiger partial charge is 0.481 e. The Kier molecular flexibility index (Phi) is 9.98. The number of anilines is 2. The monoisotopic (exact) mass is 738 g/mol. The third kappa shape index (κ3) is 7.37. The molecule has 1 atom stereocenters. The van der Waals surface area contributed by atoms with Crippen LogP contribution in [0.3, 0.4) is 0 Å². The number of aliphatic carboxylic acids is 1. The number of oxazole rings is 1. The molecule has 0 bridgehead atoms. The van der Waals surface area contributed by atoms with Crippen LogP contribution in [0.2, 0.25) is 0 Å². The number of fused-ring (bicyclic) bond motifs is 2. The average molecular weight is 739 g/mol. The molecule has 2 aliphatic heterocycles. The summed E-state index contributed by atoms with van der Waals surface area (Å²) in [5, 5.41) is 42.9. The summed E-state index contributed by atoms with van der Waals surface area (Å²) >= 11 is 0. The second-order valence-electron chi connectivity index (χ2n) is 14.6. The first-order valence-corrected chi connectivity index (χ1v) is 18.6. The minimum atomic E-state index is -0.738. The van der Waals surface area contributed by atoms with Crippen molar-refractivity contribution in [2.75, 3.05) is 31.5 Å². The van der Waals surface area contributed by atoms with Gasteiger partial charge in [-0.3, -0.25) is 19.6 Å². The van der Waals surface area contributed by atoms with E-state index in [1.165, 1.54) is 0 Å². The van der Waals surface area contributed by atoms with Crippen LogP contribution in [0, 0.1) is 31.1 Å². The minimum absolute atomic E-state index is 0.285. The fraction of sp³-hybridized carbons (Fsp3) is 0.333. The summed E-state index contributed by atoms with van der Waals surface area (Å²) in [5.74, 6) is 0.159. The summed E-state index contributed by atoms with van der Waals surface area (Å²) in [6.07, 6.45) is 3.49. The number of pyridine rings is 1. The van der Waals surface area contributed by atoms with E-state index < -0.39 is 5.97 Å². The number of piperidine rings is 1. The molecule has 55 heavy (non-hydrogen) atoms. The molecule has 6 aromatic rings. The standard InChI is InChI=1S/C42H42N8O5/c1-24-31(5-3-7-33(24)41-47-36-16-26(15-29(18-43)39(36)55-41)20-49-12-9-28(10-13-49)42(53)54)32-6-4-8-34(25(32)2)46-40-38-35(45-37(23-51)48-40)17-27(19-44-38)21-50-14-11-30(52)22-50/h3-8,15-17,19,28,30,51-52H,9-14,20-23H2,1-2H3,(H,53,54)(H,45,46,48)/t30-/m0/s1. The number of nitrogens with zero attached hydrogens (tertiary/aromatic N) is 7. The fourth-order valence-corrected chi connectivity index (χ4v) is 7.89. The van der Waals surface area contributed by atoms with Crippen LogP contribution in [0.4, 0.5) is 11.5 Å². The Morgan fingerprint density at radius 3 is 2.35 bits per heavy atom. The number of hydrogen-bond acceptors (Lipinski definition) is 12. The lowest BCUT2D eigenvalue weighted by Gasteiger charge is -2.30. The normalized spacial score (nSPS) is 16.9. The van der Waals surface area contributed by atoms with Gasteiger partial charge in [0.1, 0.15) is 23.7 Å². The van der Waals surface area contributed by atoms with E-state index in [9.17, 15) is 25.4 Å². The molecule has 0 saturated carbocycles. The highest BCUT2D eigenvalue weighted by atomic mass is 16.4. The number of carboxylic acid groups (broad SMARTS) is 1. The van der Waals surface area contributed by atoms with E-state index in [1.807, 2.05) is 62.5 Å². The molecule has 2 fully saturated rings. The van der Waals surface area contributed by atoms with Gasteiger partial charge in [-0.2, -0.15) is 5.26 Å². The summed E-state index contributed by atoms with van der Waals surface area (Å²) in [6.45, 7) is 7.84. The quantitative estimate of drug-likeness (QED) is 0.127. The highest BCUT2D eigenvalue weighted by Gasteiger charge is 2.26. The Morgan fingerprint density at radius 2 is 1.62 bits per heavy atom. The van der Waals surface area contributed by atoms with E-state index in [0.29, 0.717) is 85.0 Å². The van der Waals surface area contributed by atoms with Crippen LogP contribution in [-0.4, -0.2) is 83.3 Å². The highest BCUT2D eigenvalue weighted by molar-refractivity contribution is 5.90. The molecule has 0 radical (unpaired) electrons. The molecule has 4 N–H and O–H groups in total. The van der Waals surface area contributed by atoms with Crippen molar-refractivity contribution in [1.29, 1.82) is 5.26 Å². The second kappa shape index (κ2) is 15.2. The first-order valence-electron chi connectivity index (χ1n) is 18.6. The van der Waals surface area contributed by atoms with Crippen LogP contribution in [0.15, 0.2) is 65.2 Å². The number of carboxylic acids is 1. The zero-order chi connectivity index (χ0) is 38.2. The van der Waals surface area contributed by atoms with Crippen LogP contribution >= 0.6 is 0 Å². The molecular formula is C42H42N8O5. The third-order valence-corrected chi connectivity index (χ3v) is 10.9. The number of likely N-dealkylation sites (tertiary alicyclic amines) is 2. The Morgan fingerprint density at radius 1 is 0.909 bits per heavy atom. The first-order chi connectivity index (χ1) is 26.7. The number of aromatic nitrogens is 4. The maximum Gasteiger partial charge on any atom is 0.306 e. The average Bonchev–Trinajstić information content (AvgIpc) is 3.81. The van der Waals surface area contributed by atoms with Crippen molar-refractivity contribution in [3.8, 4) is 28.7 Å². The van der Waals surface area contributed by atoms with Gasteiger partial charge in [-0.25, -0.2) is 15.0 Å². The van der Waals surface area contributed by atoms with Gasteiger partial charge in [-0.15, -0.1) is 0 Å². The summed E-state index contributed by atoms with van der Waals surface area (Å²) in [7, 11) is 0. The van der Waals surface area contributed by atoms with Crippen molar-refractivity contribution < 1.29 is 24.5 Å². The molecule has 2 aliphatic rings. The maximum atomic E-state index is 11.4. The topological polar surface area (TPSA) is 185 Å². The third-order valence-electron chi connectivity index (χ3n) is 10.9. The van der Waals surface area contributed by atoms with Crippen LogP contribution in [0.25, 0.3) is 44.7 Å². The van der Waals surface area contributed by atoms with Gasteiger partial charge < -0.3 is 25.1 Å². The van der Waals surface area contributed by atoms with Crippen LogP contribution in [0.1, 0.15) is 52.9 Å². The summed E-state index contributed by atoms with van der Waals surface area (Å²) in [4.78, 5) is 34.6. The summed E-state index contributed by atoms with van der Waals surface area (Å²) in [5.41, 5.74) is 10.1. The molecule has 3 aromatic carbocycles. The van der Waals surface area contributed by atoms with Crippen LogP contribution < -0.4 is 5.32 Å². The number of nitriles is 1. The molecule has 0 amide bonds. The molecule has 3 aromatic heterocycles. The predicted octanol–water partition coefficient (Wildman–Crippen LogP) is 6.09. The van der Waals surface area contributed by atoms with Gasteiger partial charge in [0.05, 0.1) is 23.1 Å². The SMILES string of the molecule is Cc1c(Nc2nc(CO)nc3cc(CN4CC[C@H](O)C4)cnc23)cccc1-c1cccc(-c2nc3cc(CN4CCC(C(=O)O)CC4)cc(C#N)c3o2)c1C. The van der Waals surface area contributed by atoms with E-state index in [2.05, 4.69) is 43.3 Å². The number of hydrogen-bond donors (Lipinski definition) is 4.